The molecule has 0 saturated heterocycles. The Morgan fingerprint density at radius 3 is 2.28 bits per heavy atom. The van der Waals surface area contributed by atoms with Gasteiger partial charge < -0.3 is 24.3 Å². The van der Waals surface area contributed by atoms with Crippen molar-refractivity contribution in [3.8, 4) is 22.6 Å². The lowest BCUT2D eigenvalue weighted by Gasteiger charge is -2.21. The van der Waals surface area contributed by atoms with Gasteiger partial charge in [0.25, 0.3) is 0 Å². The zero-order chi connectivity index (χ0) is 22.8. The lowest BCUT2D eigenvalue weighted by atomic mass is 9.99. The van der Waals surface area contributed by atoms with Crippen LogP contribution in [0.25, 0.3) is 22.1 Å². The number of carbonyl (C=O) groups excluding carboxylic acids is 1. The Kier molecular flexibility index (Phi) is 5.63. The van der Waals surface area contributed by atoms with Gasteiger partial charge in [0, 0.05) is 5.39 Å². The van der Waals surface area contributed by atoms with Gasteiger partial charge in [0.1, 0.15) is 17.1 Å². The molecular weight excluding hydrogens is 414 g/mol. The summed E-state index contributed by atoms with van der Waals surface area (Å²) in [6.45, 7) is 1.80. The minimum Gasteiger partial charge on any atom is -0.733 e. The first-order chi connectivity index (χ1) is 15.4. The minimum atomic E-state index is -0.642. The highest BCUT2D eigenvalue weighted by Crippen LogP contribution is 2.30. The van der Waals surface area contributed by atoms with E-state index in [9.17, 15) is 14.8 Å². The van der Waals surface area contributed by atoms with Gasteiger partial charge in [-0.3, -0.25) is 5.21 Å². The second-order valence-electron chi connectivity index (χ2n) is 6.99. The Balaban J connectivity index is 1.68. The Morgan fingerprint density at radius 2 is 1.66 bits per heavy atom. The summed E-state index contributed by atoms with van der Waals surface area (Å²) in [6, 6.07) is 17.1. The van der Waals surface area contributed by atoms with Gasteiger partial charge in [-0.1, -0.05) is 12.1 Å². The smallest absolute Gasteiger partial charge is 0.344 e. The lowest BCUT2D eigenvalue weighted by Crippen LogP contribution is -2.10. The van der Waals surface area contributed by atoms with Crippen molar-refractivity contribution in [1.82, 2.24) is 0 Å². The molecule has 1 heterocycles. The van der Waals surface area contributed by atoms with Crippen LogP contribution < -0.4 is 20.3 Å². The van der Waals surface area contributed by atoms with Gasteiger partial charge in [-0.25, -0.2) is 9.59 Å². The van der Waals surface area contributed by atoms with E-state index in [0.29, 0.717) is 33.4 Å². The molecule has 8 heteroatoms. The maximum absolute atomic E-state index is 12.6. The Labute approximate surface area is 182 Å². The lowest BCUT2D eigenvalue weighted by molar-refractivity contribution is 0.0735. The first kappa shape index (κ1) is 21.1. The zero-order valence-electron chi connectivity index (χ0n) is 17.2. The van der Waals surface area contributed by atoms with E-state index in [1.165, 1.54) is 30.3 Å². The third-order valence-corrected chi connectivity index (χ3v) is 5.05. The predicted molar refractivity (Wildman–Crippen MR) is 118 cm³/mol. The number of anilines is 1. The normalized spacial score (nSPS) is 10.8. The quantitative estimate of drug-likeness (QED) is 0.209. The zero-order valence-corrected chi connectivity index (χ0v) is 17.2. The molecule has 0 saturated carbocycles. The molecule has 0 aliphatic rings. The van der Waals surface area contributed by atoms with E-state index in [0.717, 1.165) is 0 Å². The number of aryl methyl sites for hydroxylation is 1. The summed E-state index contributed by atoms with van der Waals surface area (Å²) in [5, 5.41) is 20.1. The van der Waals surface area contributed by atoms with Crippen molar-refractivity contribution in [3.63, 3.8) is 0 Å². The summed E-state index contributed by atoms with van der Waals surface area (Å²) in [5.74, 6) is 0.286. The van der Waals surface area contributed by atoms with Crippen LogP contribution in [0.15, 0.2) is 75.9 Å². The molecule has 0 radical (unpaired) electrons. The predicted octanol–water partition coefficient (Wildman–Crippen LogP) is 4.69. The highest BCUT2D eigenvalue weighted by Gasteiger charge is 2.16. The van der Waals surface area contributed by atoms with Crippen LogP contribution in [0.3, 0.4) is 0 Å². The average molecular weight is 432 g/mol. The average Bonchev–Trinajstić information content (AvgIpc) is 2.80. The fourth-order valence-electron chi connectivity index (χ4n) is 3.38. The van der Waals surface area contributed by atoms with Crippen molar-refractivity contribution in [3.05, 3.63) is 93.5 Å². The summed E-state index contributed by atoms with van der Waals surface area (Å²) in [5.41, 5.74) is 1.86. The molecule has 0 aliphatic heterocycles. The number of fused-ring (bicyclic) bond motifs is 1. The molecule has 162 valence electrons. The third kappa shape index (κ3) is 4.04. The molecular formula is C24H18NO7-. The van der Waals surface area contributed by atoms with E-state index in [1.54, 1.807) is 50.4 Å². The van der Waals surface area contributed by atoms with E-state index in [-0.39, 0.29) is 22.2 Å². The maximum atomic E-state index is 12.6. The van der Waals surface area contributed by atoms with Crippen LogP contribution in [0.1, 0.15) is 15.9 Å². The fraction of sp³-hybridized carbons (Fsp3) is 0.0833. The van der Waals surface area contributed by atoms with Gasteiger partial charge in [-0.15, -0.1) is 0 Å². The molecule has 0 atom stereocenters. The standard InChI is InChI=1S/C24H18NO7/c1-14-20-13-19(31-23(26)16-3-7-17(8-4-16)25(28)29)11-12-21(20)32-24(27)22(14)15-5-9-18(30-2)10-6-15/h3-13,28H,1-2H3/q-1. The summed E-state index contributed by atoms with van der Waals surface area (Å²) < 4.78 is 16.1. The first-order valence-electron chi connectivity index (χ1n) is 9.57. The number of carbonyl (C=O) groups is 1. The van der Waals surface area contributed by atoms with Crippen LogP contribution in [-0.2, 0) is 0 Å². The molecule has 32 heavy (non-hydrogen) atoms. The van der Waals surface area contributed by atoms with Gasteiger partial charge in [0.05, 0.1) is 23.9 Å². The van der Waals surface area contributed by atoms with Crippen molar-refractivity contribution < 1.29 is 23.9 Å². The molecule has 3 aromatic carbocycles. The van der Waals surface area contributed by atoms with E-state index in [4.69, 9.17) is 19.1 Å². The van der Waals surface area contributed by atoms with Gasteiger partial charge in [-0.2, -0.15) is 0 Å². The van der Waals surface area contributed by atoms with Crippen LogP contribution in [0.5, 0.6) is 11.5 Å². The van der Waals surface area contributed by atoms with Gasteiger partial charge >= 0.3 is 11.6 Å². The van der Waals surface area contributed by atoms with Gasteiger partial charge in [0.2, 0.25) is 0 Å². The van der Waals surface area contributed by atoms with Gasteiger partial charge in [-0.05, 0) is 72.6 Å². The van der Waals surface area contributed by atoms with Crippen LogP contribution >= 0.6 is 0 Å². The third-order valence-electron chi connectivity index (χ3n) is 5.05. The second kappa shape index (κ2) is 8.54. The second-order valence-corrected chi connectivity index (χ2v) is 6.99. The number of methoxy groups -OCH3 is 1. The number of benzene rings is 3. The molecule has 0 amide bonds. The van der Waals surface area contributed by atoms with Crippen molar-refractivity contribution in [2.75, 3.05) is 12.3 Å². The molecule has 0 spiro atoms. The Bertz CT molecular complexity index is 1340. The van der Waals surface area contributed by atoms with Crippen molar-refractivity contribution in [2.45, 2.75) is 6.92 Å². The molecule has 4 rings (SSSR count). The van der Waals surface area contributed by atoms with Gasteiger partial charge in [0.15, 0.2) is 0 Å². The molecule has 0 bridgehead atoms. The van der Waals surface area contributed by atoms with E-state index >= 15 is 0 Å². The van der Waals surface area contributed by atoms with E-state index in [1.807, 2.05) is 0 Å². The maximum Gasteiger partial charge on any atom is 0.344 e. The Morgan fingerprint density at radius 1 is 1.00 bits per heavy atom. The first-order valence-corrected chi connectivity index (χ1v) is 9.57. The molecule has 1 aromatic heterocycles. The van der Waals surface area contributed by atoms with Crippen LogP contribution in [0, 0.1) is 12.1 Å². The van der Waals surface area contributed by atoms with Crippen molar-refractivity contribution in [2.24, 2.45) is 0 Å². The summed E-state index contributed by atoms with van der Waals surface area (Å²) >= 11 is 0. The van der Waals surface area contributed by atoms with Crippen LogP contribution in [-0.4, -0.2) is 18.3 Å². The number of esters is 1. The highest BCUT2D eigenvalue weighted by molar-refractivity contribution is 5.93. The van der Waals surface area contributed by atoms with E-state index < -0.39 is 11.6 Å². The van der Waals surface area contributed by atoms with Crippen LogP contribution in [0.4, 0.5) is 5.69 Å². The SMILES string of the molecule is COc1ccc(-c2c(C)c3cc(OC(=O)c4ccc(N([O-])O)cc4)ccc3oc2=O)cc1. The summed E-state index contributed by atoms with van der Waals surface area (Å²) in [4.78, 5) is 25.1. The van der Waals surface area contributed by atoms with E-state index in [2.05, 4.69) is 0 Å². The minimum absolute atomic E-state index is 0.0102. The number of hydrogen-bond donors (Lipinski definition) is 1. The largest absolute Gasteiger partial charge is 0.733 e. The number of hydrogen-bond acceptors (Lipinski definition) is 8. The topological polar surface area (TPSA) is 112 Å². The van der Waals surface area contributed by atoms with Crippen molar-refractivity contribution in [1.29, 1.82) is 0 Å². The fourth-order valence-corrected chi connectivity index (χ4v) is 3.38. The monoisotopic (exact) mass is 432 g/mol. The van der Waals surface area contributed by atoms with Crippen LogP contribution in [0.2, 0.25) is 0 Å². The highest BCUT2D eigenvalue weighted by atomic mass is 16.8. The van der Waals surface area contributed by atoms with Crippen molar-refractivity contribution >= 4 is 22.6 Å². The molecule has 1 N–H and O–H groups in total. The summed E-state index contributed by atoms with van der Waals surface area (Å²) in [7, 11) is 1.56. The number of rotatable bonds is 5. The molecule has 0 aliphatic carbocycles. The number of ether oxygens (including phenoxy) is 2. The number of nitrogens with zero attached hydrogens (tertiary/aromatic N) is 1. The molecule has 8 nitrogen and oxygen atoms in total. The molecule has 0 fully saturated rings. The Hall–Kier alpha value is -4.14. The molecule has 0 unspecified atom stereocenters. The molecule has 4 aromatic rings. The summed E-state index contributed by atoms with van der Waals surface area (Å²) in [6.07, 6.45) is 0.